The van der Waals surface area contributed by atoms with Gasteiger partial charge in [0, 0.05) is 6.92 Å². The average molecular weight is 408 g/mol. The van der Waals surface area contributed by atoms with E-state index in [-0.39, 0.29) is 22.6 Å². The van der Waals surface area contributed by atoms with Crippen LogP contribution < -0.4 is 13.9 Å². The van der Waals surface area contributed by atoms with E-state index in [0.717, 1.165) is 6.54 Å². The highest BCUT2D eigenvalue weighted by atomic mass is 16.9. The molecule has 0 aliphatic carbocycles. The molecule has 0 atom stereocenters. The molecule has 0 saturated carbocycles. The zero-order valence-corrected chi connectivity index (χ0v) is 16.9. The molecule has 1 aromatic heterocycles. The van der Waals surface area contributed by atoms with Gasteiger partial charge in [0.1, 0.15) is 12.4 Å². The molecule has 0 saturated heterocycles. The summed E-state index contributed by atoms with van der Waals surface area (Å²) < 4.78 is 25.6. The molecular formula is C21H21BN2O6. The van der Waals surface area contributed by atoms with Gasteiger partial charge in [-0.05, 0) is 31.2 Å². The zero-order chi connectivity index (χ0) is 21.3. The molecule has 2 aliphatic rings. The summed E-state index contributed by atoms with van der Waals surface area (Å²) in [6.45, 7) is 2.35. The average Bonchev–Trinajstić information content (AvgIpc) is 3.06. The maximum Gasteiger partial charge on any atom is 0.781 e. The minimum Gasteiger partial charge on any atom is -0.610 e. The van der Waals surface area contributed by atoms with Crippen LogP contribution in [0.15, 0.2) is 60.9 Å². The number of nitrogens with zero attached hydrogens (tertiary/aromatic N) is 2. The molecule has 0 amide bonds. The molecular weight excluding hydrogens is 387 g/mol. The quantitative estimate of drug-likeness (QED) is 0.455. The molecule has 154 valence electrons. The minimum absolute atomic E-state index is 0.251. The smallest absolute Gasteiger partial charge is 0.610 e. The van der Waals surface area contributed by atoms with Crippen molar-refractivity contribution >= 4 is 18.9 Å². The number of para-hydroxylation sites is 2. The van der Waals surface area contributed by atoms with Gasteiger partial charge in [0.05, 0.1) is 36.2 Å². The summed E-state index contributed by atoms with van der Waals surface area (Å²) in [4.78, 5) is 24.0. The second kappa shape index (κ2) is 7.59. The number of carbonyl (C=O) groups excluding carboxylic acids is 2. The maximum absolute atomic E-state index is 12.0. The van der Waals surface area contributed by atoms with Crippen molar-refractivity contribution in [3.8, 4) is 11.5 Å². The van der Waals surface area contributed by atoms with Crippen LogP contribution in [0.25, 0.3) is 0 Å². The lowest BCUT2D eigenvalue weighted by molar-refractivity contribution is -0.677. The number of imidazole rings is 1. The first-order valence-electron chi connectivity index (χ1n) is 9.59. The molecule has 8 nitrogen and oxygen atoms in total. The Balaban J connectivity index is 0.000000204. The second-order valence-electron chi connectivity index (χ2n) is 6.86. The van der Waals surface area contributed by atoms with Crippen molar-refractivity contribution < 1.29 is 32.8 Å². The number of carbonyl (C=O) groups is 2. The zero-order valence-electron chi connectivity index (χ0n) is 16.9. The van der Waals surface area contributed by atoms with Gasteiger partial charge in [0.25, 0.3) is 5.82 Å². The third-order valence-corrected chi connectivity index (χ3v) is 5.00. The standard InChI is InChI=1S/C14H8BO6.C7H13N2/c16-13-9-5-1-3-7-11(9)18-15(20-13)19-12-8-4-2-6-10(12)14(17)21-15;1-4-9-6-5-8(3)7(9)2/h1-8H;5-6H,4H2,1-3H3/q-1;+1. The van der Waals surface area contributed by atoms with Crippen LogP contribution in [0, 0.1) is 6.92 Å². The summed E-state index contributed by atoms with van der Waals surface area (Å²) >= 11 is 0. The highest BCUT2D eigenvalue weighted by Crippen LogP contribution is 2.35. The van der Waals surface area contributed by atoms with Crippen LogP contribution >= 0.6 is 0 Å². The predicted octanol–water partition coefficient (Wildman–Crippen LogP) is 2.56. The van der Waals surface area contributed by atoms with Crippen LogP contribution in [-0.4, -0.2) is 23.5 Å². The summed E-state index contributed by atoms with van der Waals surface area (Å²) in [5.41, 5.74) is 0.506. The summed E-state index contributed by atoms with van der Waals surface area (Å²) in [5.74, 6) is 0.479. The molecule has 1 spiro atoms. The van der Waals surface area contributed by atoms with Crippen molar-refractivity contribution in [2.45, 2.75) is 20.4 Å². The van der Waals surface area contributed by atoms with E-state index in [1.807, 2.05) is 0 Å². The third kappa shape index (κ3) is 3.50. The van der Waals surface area contributed by atoms with E-state index in [4.69, 9.17) is 18.6 Å². The lowest BCUT2D eigenvalue weighted by Gasteiger charge is -2.45. The van der Waals surface area contributed by atoms with E-state index < -0.39 is 18.9 Å². The van der Waals surface area contributed by atoms with Crippen LogP contribution in [0.5, 0.6) is 11.5 Å². The molecule has 0 N–H and O–H groups in total. The fraction of sp³-hybridized carbons (Fsp3) is 0.190. The molecule has 0 unspecified atom stereocenters. The number of benzene rings is 2. The molecule has 3 heterocycles. The van der Waals surface area contributed by atoms with Crippen molar-refractivity contribution in [2.24, 2.45) is 7.05 Å². The Bertz CT molecular complexity index is 1060. The van der Waals surface area contributed by atoms with E-state index in [1.165, 1.54) is 5.82 Å². The van der Waals surface area contributed by atoms with Crippen LogP contribution in [-0.2, 0) is 22.9 Å². The Morgan fingerprint density at radius 1 is 0.867 bits per heavy atom. The van der Waals surface area contributed by atoms with Crippen LogP contribution in [0.4, 0.5) is 0 Å². The summed E-state index contributed by atoms with van der Waals surface area (Å²) in [7, 11) is 2.06. The predicted molar refractivity (Wildman–Crippen MR) is 107 cm³/mol. The van der Waals surface area contributed by atoms with Gasteiger partial charge >= 0.3 is 18.9 Å². The highest BCUT2D eigenvalue weighted by molar-refractivity contribution is 6.61. The molecule has 0 fully saturated rings. The van der Waals surface area contributed by atoms with Crippen molar-refractivity contribution in [1.82, 2.24) is 4.57 Å². The lowest BCUT2D eigenvalue weighted by atomic mass is 9.96. The van der Waals surface area contributed by atoms with Gasteiger partial charge in [-0.1, -0.05) is 24.3 Å². The van der Waals surface area contributed by atoms with Crippen LogP contribution in [0.3, 0.4) is 0 Å². The minimum atomic E-state index is -2.97. The van der Waals surface area contributed by atoms with Crippen LogP contribution in [0.2, 0.25) is 0 Å². The maximum atomic E-state index is 12.0. The number of fused-ring (bicyclic) bond motifs is 2. The van der Waals surface area contributed by atoms with Gasteiger partial charge in [0.2, 0.25) is 0 Å². The summed E-state index contributed by atoms with van der Waals surface area (Å²) in [5, 5.41) is 0. The molecule has 2 aliphatic heterocycles. The first kappa shape index (κ1) is 19.6. The van der Waals surface area contributed by atoms with Gasteiger partial charge < -0.3 is 18.6 Å². The SMILES string of the molecule is CCn1cc[n+](C)c1C.O=C1O[B-]2(OC(=O)c3ccccc3O2)Oc2ccccc21. The van der Waals surface area contributed by atoms with Crippen LogP contribution in [0.1, 0.15) is 33.5 Å². The number of aryl methyl sites for hydroxylation is 2. The molecule has 30 heavy (non-hydrogen) atoms. The Hall–Kier alpha value is -3.75. The van der Waals surface area contributed by atoms with Gasteiger partial charge in [0.15, 0.2) is 0 Å². The van der Waals surface area contributed by atoms with Crippen molar-refractivity contribution in [1.29, 1.82) is 0 Å². The van der Waals surface area contributed by atoms with Crippen molar-refractivity contribution in [3.05, 3.63) is 77.9 Å². The monoisotopic (exact) mass is 408 g/mol. The first-order chi connectivity index (χ1) is 14.4. The van der Waals surface area contributed by atoms with Gasteiger partial charge in [-0.2, -0.15) is 0 Å². The number of rotatable bonds is 1. The molecule has 0 bridgehead atoms. The topological polar surface area (TPSA) is 79.9 Å². The van der Waals surface area contributed by atoms with E-state index in [2.05, 4.69) is 42.4 Å². The molecule has 3 aromatic rings. The molecule has 2 aromatic carbocycles. The third-order valence-electron chi connectivity index (χ3n) is 5.00. The molecule has 0 radical (unpaired) electrons. The van der Waals surface area contributed by atoms with E-state index in [1.54, 1.807) is 48.5 Å². The molecule has 5 rings (SSSR count). The van der Waals surface area contributed by atoms with Gasteiger partial charge in [-0.15, -0.1) is 0 Å². The first-order valence-corrected chi connectivity index (χ1v) is 9.59. The number of aromatic nitrogens is 2. The lowest BCUT2D eigenvalue weighted by Crippen LogP contribution is -2.61. The summed E-state index contributed by atoms with van der Waals surface area (Å²) in [6, 6.07) is 13.0. The Morgan fingerprint density at radius 2 is 1.37 bits per heavy atom. The van der Waals surface area contributed by atoms with Gasteiger partial charge in [-0.3, -0.25) is 9.59 Å². The Kier molecular flexibility index (Phi) is 4.95. The summed E-state index contributed by atoms with van der Waals surface area (Å²) in [6.07, 6.45) is 4.16. The van der Waals surface area contributed by atoms with E-state index >= 15 is 0 Å². The highest BCUT2D eigenvalue weighted by Gasteiger charge is 2.52. The normalized spacial score (nSPS) is 15.4. The van der Waals surface area contributed by atoms with Gasteiger partial charge in [-0.25, -0.2) is 9.13 Å². The fourth-order valence-corrected chi connectivity index (χ4v) is 3.25. The second-order valence-corrected chi connectivity index (χ2v) is 6.86. The Labute approximate surface area is 173 Å². The number of hydrogen-bond acceptors (Lipinski definition) is 6. The molecule has 9 heteroatoms. The largest absolute Gasteiger partial charge is 0.781 e. The van der Waals surface area contributed by atoms with Crippen molar-refractivity contribution in [2.75, 3.05) is 0 Å². The van der Waals surface area contributed by atoms with E-state index in [0.29, 0.717) is 0 Å². The Morgan fingerprint density at radius 3 is 1.77 bits per heavy atom. The number of hydrogen-bond donors (Lipinski definition) is 0. The van der Waals surface area contributed by atoms with Crippen molar-refractivity contribution in [3.63, 3.8) is 0 Å². The fourth-order valence-electron chi connectivity index (χ4n) is 3.25. The van der Waals surface area contributed by atoms with E-state index in [9.17, 15) is 9.59 Å².